The largest absolute Gasteiger partial charge is 0.383 e. The van der Waals surface area contributed by atoms with Gasteiger partial charge in [0.2, 0.25) is 0 Å². The highest BCUT2D eigenvalue weighted by molar-refractivity contribution is 5.98. The monoisotopic (exact) mass is 222 g/mol. The zero-order valence-corrected chi connectivity index (χ0v) is 10.3. The van der Waals surface area contributed by atoms with Crippen LogP contribution in [-0.2, 0) is 4.74 Å². The number of methoxy groups -OCH3 is 1. The Morgan fingerprint density at radius 2 is 2.31 bits per heavy atom. The summed E-state index contributed by atoms with van der Waals surface area (Å²) >= 11 is 0. The fourth-order valence-corrected chi connectivity index (χ4v) is 1.70. The molecule has 1 aliphatic rings. The van der Waals surface area contributed by atoms with Crippen LogP contribution in [0.4, 0.5) is 0 Å². The van der Waals surface area contributed by atoms with Crippen LogP contribution in [-0.4, -0.2) is 44.5 Å². The molecule has 0 amide bonds. The van der Waals surface area contributed by atoms with Gasteiger partial charge in [-0.1, -0.05) is 18.2 Å². The smallest absolute Gasteiger partial charge is 0.0589 e. The molecule has 90 valence electrons. The van der Waals surface area contributed by atoms with Crippen molar-refractivity contribution in [2.24, 2.45) is 0 Å². The van der Waals surface area contributed by atoms with Gasteiger partial charge in [0.05, 0.1) is 6.61 Å². The number of allylic oxidation sites excluding steroid dienone is 3. The second kappa shape index (κ2) is 7.36. The molecule has 0 atom stereocenters. The number of nitrogens with one attached hydrogen (secondary N) is 1. The van der Waals surface area contributed by atoms with Gasteiger partial charge in [0, 0.05) is 25.9 Å². The lowest BCUT2D eigenvalue weighted by molar-refractivity contribution is 0.166. The Morgan fingerprint density at radius 3 is 3.06 bits per heavy atom. The van der Waals surface area contributed by atoms with Gasteiger partial charge < -0.3 is 10.1 Å². The number of likely N-dealkylation sites (N-methyl/N-ethyl adjacent to an activating group) is 1. The Bertz CT molecular complexity index is 282. The fourth-order valence-electron chi connectivity index (χ4n) is 1.70. The number of ether oxygens (including phenoxy) is 1. The van der Waals surface area contributed by atoms with Gasteiger partial charge in [0.25, 0.3) is 0 Å². The summed E-state index contributed by atoms with van der Waals surface area (Å²) in [6.07, 6.45) is 9.41. The van der Waals surface area contributed by atoms with E-state index >= 15 is 0 Å². The molecule has 0 spiro atoms. The van der Waals surface area contributed by atoms with Crippen molar-refractivity contribution < 1.29 is 4.74 Å². The van der Waals surface area contributed by atoms with Crippen LogP contribution < -0.4 is 0 Å². The molecule has 0 unspecified atom stereocenters. The third-order valence-electron chi connectivity index (χ3n) is 2.74. The maximum absolute atomic E-state index is 7.99. The summed E-state index contributed by atoms with van der Waals surface area (Å²) in [5.74, 6) is 0. The number of hydrogen-bond acceptors (Lipinski definition) is 3. The molecule has 0 bridgehead atoms. The molecule has 0 aromatic heterocycles. The van der Waals surface area contributed by atoms with E-state index in [2.05, 4.69) is 30.2 Å². The molecule has 3 nitrogen and oxygen atoms in total. The predicted octanol–water partition coefficient (Wildman–Crippen LogP) is 2.25. The summed E-state index contributed by atoms with van der Waals surface area (Å²) in [6, 6.07) is 0. The molecular weight excluding hydrogens is 200 g/mol. The molecule has 0 aromatic rings. The van der Waals surface area contributed by atoms with Crippen molar-refractivity contribution in [3.05, 3.63) is 23.8 Å². The van der Waals surface area contributed by atoms with E-state index < -0.39 is 0 Å². The molecule has 0 aromatic carbocycles. The van der Waals surface area contributed by atoms with E-state index in [1.807, 2.05) is 0 Å². The summed E-state index contributed by atoms with van der Waals surface area (Å²) in [7, 11) is 3.78. The van der Waals surface area contributed by atoms with E-state index in [1.54, 1.807) is 7.11 Å². The highest BCUT2D eigenvalue weighted by atomic mass is 16.5. The van der Waals surface area contributed by atoms with E-state index in [0.29, 0.717) is 0 Å². The van der Waals surface area contributed by atoms with Crippen LogP contribution in [0.15, 0.2) is 23.8 Å². The van der Waals surface area contributed by atoms with Gasteiger partial charge in [-0.3, -0.25) is 4.90 Å². The molecule has 0 saturated heterocycles. The van der Waals surface area contributed by atoms with Crippen molar-refractivity contribution in [3.8, 4) is 0 Å². The highest BCUT2D eigenvalue weighted by Crippen LogP contribution is 2.11. The van der Waals surface area contributed by atoms with Crippen LogP contribution in [0.5, 0.6) is 0 Å². The minimum atomic E-state index is 0.743. The fraction of sp³-hybridized carbons (Fsp3) is 0.615. The van der Waals surface area contributed by atoms with Gasteiger partial charge >= 0.3 is 0 Å². The van der Waals surface area contributed by atoms with E-state index in [-0.39, 0.29) is 0 Å². The molecular formula is C13H22N2O. The predicted molar refractivity (Wildman–Crippen MR) is 68.2 cm³/mol. The van der Waals surface area contributed by atoms with Crippen molar-refractivity contribution in [3.63, 3.8) is 0 Å². The highest BCUT2D eigenvalue weighted by Gasteiger charge is 2.08. The minimum absolute atomic E-state index is 0.743. The number of hydrogen-bond donors (Lipinski definition) is 1. The molecule has 0 heterocycles. The van der Waals surface area contributed by atoms with Crippen LogP contribution in [0.3, 0.4) is 0 Å². The molecule has 1 N–H and O–H groups in total. The molecule has 0 radical (unpaired) electrons. The first kappa shape index (κ1) is 13.1. The molecule has 0 aliphatic heterocycles. The molecule has 1 aliphatic carbocycles. The minimum Gasteiger partial charge on any atom is -0.383 e. The maximum atomic E-state index is 7.99. The third-order valence-corrected chi connectivity index (χ3v) is 2.74. The maximum Gasteiger partial charge on any atom is 0.0589 e. The lowest BCUT2D eigenvalue weighted by Gasteiger charge is -2.19. The standard InChI is InChI=1S/C13H22N2O/c1-15(9-10-16-2)11-12-7-5-3-4-6-8-13(12)14/h3,5,7,14H,4,6,8-11H2,1-2H3/b5-3?,12-7-,14-13?. The van der Waals surface area contributed by atoms with Crippen LogP contribution in [0.2, 0.25) is 0 Å². The Labute approximate surface area is 98.3 Å². The summed E-state index contributed by atoms with van der Waals surface area (Å²) in [6.45, 7) is 2.49. The molecule has 16 heavy (non-hydrogen) atoms. The first-order valence-electron chi connectivity index (χ1n) is 5.85. The van der Waals surface area contributed by atoms with Gasteiger partial charge in [-0.25, -0.2) is 0 Å². The van der Waals surface area contributed by atoms with E-state index in [0.717, 1.165) is 50.2 Å². The zero-order valence-electron chi connectivity index (χ0n) is 10.3. The third kappa shape index (κ3) is 4.73. The topological polar surface area (TPSA) is 36.3 Å². The van der Waals surface area contributed by atoms with Crippen LogP contribution >= 0.6 is 0 Å². The normalized spacial score (nSPS) is 20.4. The summed E-state index contributed by atoms with van der Waals surface area (Å²) in [5, 5.41) is 7.99. The van der Waals surface area contributed by atoms with Gasteiger partial charge in [-0.2, -0.15) is 0 Å². The molecule has 1 rings (SSSR count). The Kier molecular flexibility index (Phi) is 6.04. The second-order valence-corrected chi connectivity index (χ2v) is 4.22. The average Bonchev–Trinajstić information content (AvgIpc) is 2.26. The van der Waals surface area contributed by atoms with Gasteiger partial charge in [0.15, 0.2) is 0 Å². The van der Waals surface area contributed by atoms with Gasteiger partial charge in [-0.05, 0) is 31.9 Å². The second-order valence-electron chi connectivity index (χ2n) is 4.22. The lowest BCUT2D eigenvalue weighted by atomic mass is 10.0. The van der Waals surface area contributed by atoms with Crippen molar-refractivity contribution in [1.82, 2.24) is 4.90 Å². The Hall–Kier alpha value is -0.930. The summed E-state index contributed by atoms with van der Waals surface area (Å²) in [4.78, 5) is 2.19. The summed E-state index contributed by atoms with van der Waals surface area (Å²) in [5.41, 5.74) is 1.92. The van der Waals surface area contributed by atoms with Crippen molar-refractivity contribution in [2.75, 3.05) is 33.9 Å². The Balaban J connectivity index is 2.51. The van der Waals surface area contributed by atoms with Crippen molar-refractivity contribution in [2.45, 2.75) is 19.3 Å². The zero-order chi connectivity index (χ0) is 11.8. The van der Waals surface area contributed by atoms with Gasteiger partial charge in [0.1, 0.15) is 0 Å². The van der Waals surface area contributed by atoms with E-state index in [4.69, 9.17) is 10.1 Å². The van der Waals surface area contributed by atoms with Crippen LogP contribution in [0, 0.1) is 5.41 Å². The first-order valence-corrected chi connectivity index (χ1v) is 5.85. The molecule has 3 heteroatoms. The van der Waals surface area contributed by atoms with Crippen molar-refractivity contribution >= 4 is 5.71 Å². The number of rotatable bonds is 5. The first-order chi connectivity index (χ1) is 7.74. The average molecular weight is 222 g/mol. The van der Waals surface area contributed by atoms with E-state index in [9.17, 15) is 0 Å². The lowest BCUT2D eigenvalue weighted by Crippen LogP contribution is -2.27. The molecule has 0 saturated carbocycles. The van der Waals surface area contributed by atoms with Crippen molar-refractivity contribution in [1.29, 1.82) is 5.41 Å². The summed E-state index contributed by atoms with van der Waals surface area (Å²) < 4.78 is 5.04. The quantitative estimate of drug-likeness (QED) is 0.774. The molecule has 0 fully saturated rings. The number of nitrogens with zero attached hydrogens (tertiary/aromatic N) is 1. The SMILES string of the molecule is COCCN(C)C/C1=C/C=CCCCC1=N. The Morgan fingerprint density at radius 1 is 1.50 bits per heavy atom. The van der Waals surface area contributed by atoms with Crippen LogP contribution in [0.1, 0.15) is 19.3 Å². The van der Waals surface area contributed by atoms with Gasteiger partial charge in [-0.15, -0.1) is 0 Å². The van der Waals surface area contributed by atoms with Crippen LogP contribution in [0.25, 0.3) is 0 Å². The van der Waals surface area contributed by atoms with E-state index in [1.165, 1.54) is 0 Å².